The van der Waals surface area contributed by atoms with E-state index in [1.807, 2.05) is 12.1 Å². The molecule has 2 aromatic rings. The van der Waals surface area contributed by atoms with Crippen LogP contribution in [-0.4, -0.2) is 16.1 Å². The van der Waals surface area contributed by atoms with Crippen molar-refractivity contribution in [2.24, 2.45) is 17.3 Å². The number of pyridine rings is 1. The lowest BCUT2D eigenvalue weighted by Crippen LogP contribution is -2.41. The van der Waals surface area contributed by atoms with Crippen LogP contribution in [0.1, 0.15) is 71.1 Å². The highest BCUT2D eigenvalue weighted by molar-refractivity contribution is 5.88. The lowest BCUT2D eigenvalue weighted by atomic mass is 9.54. The molecule has 0 amide bonds. The van der Waals surface area contributed by atoms with E-state index in [-0.39, 0.29) is 5.41 Å². The number of aryl methyl sites for hydroxylation is 1. The first-order valence-corrected chi connectivity index (χ1v) is 10.8. The molecule has 1 heterocycles. The Kier molecular flexibility index (Phi) is 4.54. The fourth-order valence-electron chi connectivity index (χ4n) is 6.47. The van der Waals surface area contributed by atoms with Crippen molar-refractivity contribution >= 4 is 11.5 Å². The lowest BCUT2D eigenvalue weighted by molar-refractivity contribution is -0.137. The van der Waals surface area contributed by atoms with Crippen molar-refractivity contribution in [2.75, 3.05) is 0 Å². The maximum Gasteiger partial charge on any atom is 0.417 e. The van der Waals surface area contributed by atoms with Gasteiger partial charge in [0.25, 0.3) is 0 Å². The van der Waals surface area contributed by atoms with Gasteiger partial charge in [0.05, 0.1) is 11.1 Å². The van der Waals surface area contributed by atoms with Crippen molar-refractivity contribution in [3.05, 3.63) is 70.6 Å². The van der Waals surface area contributed by atoms with Gasteiger partial charge in [-0.2, -0.15) is 13.2 Å². The Balaban J connectivity index is 1.45. The van der Waals surface area contributed by atoms with Crippen molar-refractivity contribution < 1.29 is 23.1 Å². The largest absolute Gasteiger partial charge is 0.478 e. The number of rotatable bonds is 2. The predicted octanol–water partition coefficient (Wildman–Crippen LogP) is 6.35. The smallest absolute Gasteiger partial charge is 0.417 e. The molecular weight excluding hydrogens is 403 g/mol. The Morgan fingerprint density at radius 2 is 2.00 bits per heavy atom. The van der Waals surface area contributed by atoms with Crippen LogP contribution in [0.3, 0.4) is 0 Å². The molecule has 4 unspecified atom stereocenters. The number of carboxylic acids is 1. The molecule has 31 heavy (non-hydrogen) atoms. The highest BCUT2D eigenvalue weighted by Gasteiger charge is 2.52. The van der Waals surface area contributed by atoms with Gasteiger partial charge in [-0.1, -0.05) is 19.1 Å². The number of alkyl halides is 3. The zero-order valence-electron chi connectivity index (χ0n) is 17.2. The minimum atomic E-state index is -4.40. The molecule has 162 valence electrons. The van der Waals surface area contributed by atoms with E-state index >= 15 is 0 Å². The second-order valence-electron chi connectivity index (χ2n) is 9.40. The first kappa shape index (κ1) is 20.3. The third-order valence-corrected chi connectivity index (χ3v) is 7.93. The molecular formula is C25H24F3NO2. The van der Waals surface area contributed by atoms with Gasteiger partial charge in [0, 0.05) is 12.4 Å². The van der Waals surface area contributed by atoms with E-state index < -0.39 is 17.7 Å². The summed E-state index contributed by atoms with van der Waals surface area (Å²) in [4.78, 5) is 15.2. The zero-order valence-corrected chi connectivity index (χ0v) is 17.2. The Morgan fingerprint density at radius 3 is 2.74 bits per heavy atom. The Morgan fingerprint density at radius 1 is 1.19 bits per heavy atom. The SMILES string of the molecule is CC12CCC3c4ccc(C(=O)O)cc4CCC3C1CC=C2c1cncc(C(F)(F)F)c1. The van der Waals surface area contributed by atoms with Crippen LogP contribution >= 0.6 is 0 Å². The molecule has 0 saturated heterocycles. The summed E-state index contributed by atoms with van der Waals surface area (Å²) in [6.45, 7) is 2.20. The van der Waals surface area contributed by atoms with E-state index in [1.54, 1.807) is 12.3 Å². The molecule has 1 saturated carbocycles. The minimum absolute atomic E-state index is 0.161. The van der Waals surface area contributed by atoms with Crippen LogP contribution in [0.2, 0.25) is 0 Å². The molecule has 6 heteroatoms. The average Bonchev–Trinajstić information content (AvgIpc) is 3.09. The number of nitrogens with zero attached hydrogens (tertiary/aromatic N) is 1. The van der Waals surface area contributed by atoms with Gasteiger partial charge >= 0.3 is 12.1 Å². The quantitative estimate of drug-likeness (QED) is 0.608. The number of carbonyl (C=O) groups is 1. The van der Waals surface area contributed by atoms with Crippen LogP contribution in [0, 0.1) is 17.3 Å². The molecule has 1 aromatic carbocycles. The summed E-state index contributed by atoms with van der Waals surface area (Å²) >= 11 is 0. The van der Waals surface area contributed by atoms with Crippen molar-refractivity contribution in [2.45, 2.75) is 51.1 Å². The number of halogens is 3. The van der Waals surface area contributed by atoms with Crippen molar-refractivity contribution in [3.63, 3.8) is 0 Å². The maximum absolute atomic E-state index is 13.2. The monoisotopic (exact) mass is 427 g/mol. The van der Waals surface area contributed by atoms with Crippen LogP contribution in [0.4, 0.5) is 13.2 Å². The van der Waals surface area contributed by atoms with Crippen molar-refractivity contribution in [3.8, 4) is 0 Å². The summed E-state index contributed by atoms with van der Waals surface area (Å²) in [7, 11) is 0. The highest BCUT2D eigenvalue weighted by Crippen LogP contribution is 2.63. The van der Waals surface area contributed by atoms with E-state index in [4.69, 9.17) is 0 Å². The summed E-state index contributed by atoms with van der Waals surface area (Å²) in [5, 5.41) is 9.30. The first-order chi connectivity index (χ1) is 14.7. The fourth-order valence-corrected chi connectivity index (χ4v) is 6.47. The van der Waals surface area contributed by atoms with Crippen molar-refractivity contribution in [1.82, 2.24) is 4.98 Å². The fraction of sp³-hybridized carbons (Fsp3) is 0.440. The van der Waals surface area contributed by atoms with Crippen LogP contribution in [0.15, 0.2) is 42.7 Å². The second-order valence-corrected chi connectivity index (χ2v) is 9.40. The number of hydrogen-bond donors (Lipinski definition) is 1. The molecule has 4 atom stereocenters. The summed E-state index contributed by atoms with van der Waals surface area (Å²) in [6.07, 6.45) is 4.75. The average molecular weight is 427 g/mol. The van der Waals surface area contributed by atoms with Gasteiger partial charge in [0.15, 0.2) is 0 Å². The lowest BCUT2D eigenvalue weighted by Gasteiger charge is -2.50. The van der Waals surface area contributed by atoms with Gasteiger partial charge < -0.3 is 5.11 Å². The Hall–Kier alpha value is -2.63. The number of carboxylic acid groups (broad SMARTS) is 1. The van der Waals surface area contributed by atoms with Gasteiger partial charge in [-0.05, 0) is 95.7 Å². The zero-order chi connectivity index (χ0) is 22.0. The van der Waals surface area contributed by atoms with Gasteiger partial charge in [-0.25, -0.2) is 4.79 Å². The van der Waals surface area contributed by atoms with Crippen molar-refractivity contribution in [1.29, 1.82) is 0 Å². The molecule has 5 rings (SSSR count). The van der Waals surface area contributed by atoms with Gasteiger partial charge in [0.2, 0.25) is 0 Å². The molecule has 0 radical (unpaired) electrons. The molecule has 3 aliphatic rings. The summed E-state index contributed by atoms with van der Waals surface area (Å²) in [6, 6.07) is 6.73. The van der Waals surface area contributed by atoms with Gasteiger partial charge in [-0.15, -0.1) is 0 Å². The van der Waals surface area contributed by atoms with E-state index in [9.17, 15) is 23.1 Å². The maximum atomic E-state index is 13.2. The molecule has 1 aromatic heterocycles. The molecule has 1 fully saturated rings. The Bertz CT molecular complexity index is 1090. The van der Waals surface area contributed by atoms with Gasteiger partial charge in [0.1, 0.15) is 0 Å². The van der Waals surface area contributed by atoms with E-state index in [1.165, 1.54) is 11.6 Å². The summed E-state index contributed by atoms with van der Waals surface area (Å²) < 4.78 is 39.7. The highest BCUT2D eigenvalue weighted by atomic mass is 19.4. The number of allylic oxidation sites excluding steroid dienone is 2. The molecule has 3 aliphatic carbocycles. The number of fused-ring (bicyclic) bond motifs is 5. The third kappa shape index (κ3) is 3.19. The second kappa shape index (κ2) is 6.94. The third-order valence-electron chi connectivity index (χ3n) is 7.93. The van der Waals surface area contributed by atoms with Gasteiger partial charge in [-0.3, -0.25) is 4.98 Å². The standard InChI is InChI=1S/C25H24F3NO2/c1-24-9-8-19-18-4-3-15(23(30)31)10-14(18)2-5-20(19)22(24)7-6-21(24)16-11-17(13-29-12-16)25(26,27)28/h3-4,6,10-13,19-20,22H,2,5,7-9H2,1H3,(H,30,31). The number of aromatic carboxylic acids is 1. The minimum Gasteiger partial charge on any atom is -0.478 e. The Labute approximate surface area is 179 Å². The molecule has 3 nitrogen and oxygen atoms in total. The van der Waals surface area contributed by atoms with E-state index in [0.29, 0.717) is 28.9 Å². The first-order valence-electron chi connectivity index (χ1n) is 10.8. The van der Waals surface area contributed by atoms with E-state index in [2.05, 4.69) is 18.0 Å². The summed E-state index contributed by atoms with van der Waals surface area (Å²) in [5.74, 6) is 0.315. The van der Waals surface area contributed by atoms with Crippen LogP contribution in [0.25, 0.3) is 5.57 Å². The molecule has 0 aliphatic heterocycles. The van der Waals surface area contributed by atoms with Crippen LogP contribution in [-0.2, 0) is 12.6 Å². The number of aromatic nitrogens is 1. The topological polar surface area (TPSA) is 50.2 Å². The number of benzene rings is 1. The van der Waals surface area contributed by atoms with E-state index in [0.717, 1.165) is 49.4 Å². The molecule has 0 bridgehead atoms. The number of hydrogen-bond acceptors (Lipinski definition) is 2. The van der Waals surface area contributed by atoms with Crippen LogP contribution < -0.4 is 0 Å². The summed E-state index contributed by atoms with van der Waals surface area (Å²) in [5.41, 5.74) is 3.45. The molecule has 1 N–H and O–H groups in total. The predicted molar refractivity (Wildman–Crippen MR) is 111 cm³/mol. The normalized spacial score (nSPS) is 29.5. The van der Waals surface area contributed by atoms with Crippen LogP contribution in [0.5, 0.6) is 0 Å². The molecule has 0 spiro atoms.